The molecule has 5 nitrogen and oxygen atoms in total. The average molecular weight is 239 g/mol. The van der Waals surface area contributed by atoms with E-state index < -0.39 is 5.54 Å². The summed E-state index contributed by atoms with van der Waals surface area (Å²) in [5.41, 5.74) is 5.47. The van der Waals surface area contributed by atoms with Crippen LogP contribution in [0.15, 0.2) is 4.52 Å². The van der Waals surface area contributed by atoms with Gasteiger partial charge in [0.15, 0.2) is 5.82 Å². The minimum absolute atomic E-state index is 0.417. The van der Waals surface area contributed by atoms with Gasteiger partial charge < -0.3 is 15.0 Å². The summed E-state index contributed by atoms with van der Waals surface area (Å²) >= 11 is 0. The molecule has 3 unspecified atom stereocenters. The van der Waals surface area contributed by atoms with Gasteiger partial charge in [0.1, 0.15) is 5.54 Å². The molecule has 0 saturated heterocycles. The van der Waals surface area contributed by atoms with Crippen LogP contribution in [-0.2, 0) is 10.3 Å². The summed E-state index contributed by atoms with van der Waals surface area (Å²) in [4.78, 5) is 4.39. The molecule has 2 rings (SSSR count). The lowest BCUT2D eigenvalue weighted by atomic mass is 10.1. The minimum Gasteiger partial charge on any atom is -0.379 e. The fourth-order valence-electron chi connectivity index (χ4n) is 1.78. The SMILES string of the molecule is CCCOCC(C)(N)c1noc(C2CC2C)n1. The van der Waals surface area contributed by atoms with Crippen LogP contribution in [0.5, 0.6) is 0 Å². The molecule has 0 amide bonds. The van der Waals surface area contributed by atoms with Crippen LogP contribution in [0.1, 0.15) is 51.2 Å². The first-order chi connectivity index (χ1) is 8.04. The lowest BCUT2D eigenvalue weighted by Crippen LogP contribution is -2.39. The summed E-state index contributed by atoms with van der Waals surface area (Å²) < 4.78 is 10.7. The number of nitrogens with zero attached hydrogens (tertiary/aromatic N) is 2. The Labute approximate surface area is 102 Å². The Hall–Kier alpha value is -0.940. The van der Waals surface area contributed by atoms with Crippen molar-refractivity contribution >= 4 is 0 Å². The number of hydrogen-bond donors (Lipinski definition) is 1. The second-order valence-corrected chi connectivity index (χ2v) is 5.25. The van der Waals surface area contributed by atoms with E-state index in [0.29, 0.717) is 30.9 Å². The second kappa shape index (κ2) is 4.74. The molecule has 1 aromatic heterocycles. The predicted octanol–water partition coefficient (Wildman–Crippen LogP) is 1.79. The molecule has 0 aliphatic heterocycles. The first kappa shape index (κ1) is 12.5. The second-order valence-electron chi connectivity index (χ2n) is 5.25. The van der Waals surface area contributed by atoms with Crippen LogP contribution in [0.25, 0.3) is 0 Å². The van der Waals surface area contributed by atoms with Crippen LogP contribution < -0.4 is 5.73 Å². The maximum absolute atomic E-state index is 6.14. The summed E-state index contributed by atoms with van der Waals surface area (Å²) in [7, 11) is 0. The molecule has 3 atom stereocenters. The molecule has 1 fully saturated rings. The van der Waals surface area contributed by atoms with Gasteiger partial charge in [0.2, 0.25) is 5.89 Å². The van der Waals surface area contributed by atoms with Gasteiger partial charge in [0, 0.05) is 12.5 Å². The zero-order chi connectivity index (χ0) is 12.5. The van der Waals surface area contributed by atoms with Crippen LogP contribution >= 0.6 is 0 Å². The molecule has 1 aliphatic carbocycles. The maximum Gasteiger partial charge on any atom is 0.230 e. The van der Waals surface area contributed by atoms with Crippen molar-refractivity contribution in [2.45, 2.75) is 45.1 Å². The van der Waals surface area contributed by atoms with Crippen molar-refractivity contribution in [1.82, 2.24) is 10.1 Å². The van der Waals surface area contributed by atoms with Gasteiger partial charge in [-0.25, -0.2) is 0 Å². The number of hydrogen-bond acceptors (Lipinski definition) is 5. The quantitative estimate of drug-likeness (QED) is 0.766. The third-order valence-electron chi connectivity index (χ3n) is 3.13. The van der Waals surface area contributed by atoms with Gasteiger partial charge in [-0.2, -0.15) is 4.98 Å². The number of ether oxygens (including phenoxy) is 1. The molecule has 0 spiro atoms. The summed E-state index contributed by atoms with van der Waals surface area (Å²) in [5, 5.41) is 3.97. The first-order valence-corrected chi connectivity index (χ1v) is 6.25. The lowest BCUT2D eigenvalue weighted by Gasteiger charge is -2.19. The molecule has 1 aliphatic rings. The summed E-state index contributed by atoms with van der Waals surface area (Å²) in [6.07, 6.45) is 2.11. The number of rotatable bonds is 6. The van der Waals surface area contributed by atoms with Crippen LogP contribution in [0, 0.1) is 5.92 Å². The van der Waals surface area contributed by atoms with Gasteiger partial charge in [-0.15, -0.1) is 0 Å². The Kier molecular flexibility index (Phi) is 3.49. The molecular formula is C12H21N3O2. The molecule has 2 N–H and O–H groups in total. The van der Waals surface area contributed by atoms with Crippen molar-refractivity contribution < 1.29 is 9.26 Å². The van der Waals surface area contributed by atoms with E-state index in [4.69, 9.17) is 15.0 Å². The molecule has 96 valence electrons. The molecule has 1 heterocycles. The third-order valence-corrected chi connectivity index (χ3v) is 3.13. The van der Waals surface area contributed by atoms with E-state index in [-0.39, 0.29) is 0 Å². The van der Waals surface area contributed by atoms with Crippen molar-refractivity contribution in [2.24, 2.45) is 11.7 Å². The van der Waals surface area contributed by atoms with Gasteiger partial charge in [0.25, 0.3) is 0 Å². The Balaban J connectivity index is 1.97. The highest BCUT2D eigenvalue weighted by Crippen LogP contribution is 2.46. The van der Waals surface area contributed by atoms with Crippen LogP contribution in [0.3, 0.4) is 0 Å². The predicted molar refractivity (Wildman–Crippen MR) is 63.5 cm³/mol. The van der Waals surface area contributed by atoms with E-state index in [1.54, 1.807) is 0 Å². The molecular weight excluding hydrogens is 218 g/mol. The van der Waals surface area contributed by atoms with E-state index in [1.807, 2.05) is 6.92 Å². The summed E-state index contributed by atoms with van der Waals surface area (Å²) in [6, 6.07) is 0. The smallest absolute Gasteiger partial charge is 0.230 e. The number of aromatic nitrogens is 2. The van der Waals surface area contributed by atoms with Crippen molar-refractivity contribution in [2.75, 3.05) is 13.2 Å². The Morgan fingerprint density at radius 3 is 2.88 bits per heavy atom. The Morgan fingerprint density at radius 1 is 1.59 bits per heavy atom. The average Bonchev–Trinajstić information content (AvgIpc) is 2.81. The van der Waals surface area contributed by atoms with Gasteiger partial charge in [0.05, 0.1) is 6.61 Å². The first-order valence-electron chi connectivity index (χ1n) is 6.25. The highest BCUT2D eigenvalue weighted by atomic mass is 16.5. The zero-order valence-electron chi connectivity index (χ0n) is 10.8. The maximum atomic E-state index is 6.14. The standard InChI is InChI=1S/C12H21N3O2/c1-4-5-16-7-12(3,13)11-14-10(17-15-11)9-6-8(9)2/h8-9H,4-7,13H2,1-3H3. The van der Waals surface area contributed by atoms with Crippen molar-refractivity contribution in [1.29, 1.82) is 0 Å². The highest BCUT2D eigenvalue weighted by Gasteiger charge is 2.40. The third kappa shape index (κ3) is 2.84. The zero-order valence-corrected chi connectivity index (χ0v) is 10.8. The molecule has 5 heteroatoms. The highest BCUT2D eigenvalue weighted by molar-refractivity contribution is 5.09. The van der Waals surface area contributed by atoms with Crippen molar-refractivity contribution in [3.63, 3.8) is 0 Å². The van der Waals surface area contributed by atoms with Crippen LogP contribution in [0.2, 0.25) is 0 Å². The minimum atomic E-state index is -0.672. The van der Waals surface area contributed by atoms with Crippen LogP contribution in [-0.4, -0.2) is 23.4 Å². The van der Waals surface area contributed by atoms with Gasteiger partial charge in [-0.05, 0) is 25.7 Å². The van der Waals surface area contributed by atoms with Gasteiger partial charge in [-0.1, -0.05) is 19.0 Å². The number of nitrogens with two attached hydrogens (primary N) is 1. The monoisotopic (exact) mass is 239 g/mol. The van der Waals surface area contributed by atoms with E-state index in [0.717, 1.165) is 18.7 Å². The fraction of sp³-hybridized carbons (Fsp3) is 0.833. The fourth-order valence-corrected chi connectivity index (χ4v) is 1.78. The Bertz CT molecular complexity index is 376. The normalized spacial score (nSPS) is 26.8. The van der Waals surface area contributed by atoms with Gasteiger partial charge in [-0.3, -0.25) is 0 Å². The molecule has 1 saturated carbocycles. The van der Waals surface area contributed by atoms with Gasteiger partial charge >= 0.3 is 0 Å². The van der Waals surface area contributed by atoms with E-state index in [1.165, 1.54) is 0 Å². The molecule has 0 bridgehead atoms. The molecule has 0 aromatic carbocycles. The van der Waals surface area contributed by atoms with Crippen molar-refractivity contribution in [3.8, 4) is 0 Å². The largest absolute Gasteiger partial charge is 0.379 e. The van der Waals surface area contributed by atoms with Crippen molar-refractivity contribution in [3.05, 3.63) is 11.7 Å². The Morgan fingerprint density at radius 2 is 2.29 bits per heavy atom. The summed E-state index contributed by atoms with van der Waals surface area (Å²) in [6.45, 7) is 7.24. The van der Waals surface area contributed by atoms with E-state index in [2.05, 4.69) is 24.0 Å². The van der Waals surface area contributed by atoms with E-state index in [9.17, 15) is 0 Å². The molecule has 0 radical (unpaired) electrons. The molecule has 1 aromatic rings. The van der Waals surface area contributed by atoms with E-state index >= 15 is 0 Å². The lowest BCUT2D eigenvalue weighted by molar-refractivity contribution is 0.0867. The topological polar surface area (TPSA) is 74.2 Å². The molecule has 17 heavy (non-hydrogen) atoms. The summed E-state index contributed by atoms with van der Waals surface area (Å²) in [5.74, 6) is 2.36. The van der Waals surface area contributed by atoms with Crippen LogP contribution in [0.4, 0.5) is 0 Å².